The van der Waals surface area contributed by atoms with E-state index in [0.29, 0.717) is 19.0 Å². The number of rotatable bonds is 7. The van der Waals surface area contributed by atoms with Gasteiger partial charge in [-0.1, -0.05) is 37.6 Å². The first-order valence-electron chi connectivity index (χ1n) is 7.75. The predicted octanol–water partition coefficient (Wildman–Crippen LogP) is 2.36. The van der Waals surface area contributed by atoms with Gasteiger partial charge in [-0.3, -0.25) is 0 Å². The minimum atomic E-state index is -3.18. The van der Waals surface area contributed by atoms with Crippen LogP contribution < -0.4 is 5.32 Å². The van der Waals surface area contributed by atoms with Crippen LogP contribution in [0.15, 0.2) is 24.3 Å². The Morgan fingerprint density at radius 2 is 2.10 bits per heavy atom. The van der Waals surface area contributed by atoms with Crippen molar-refractivity contribution in [2.24, 2.45) is 5.92 Å². The van der Waals surface area contributed by atoms with Crippen molar-refractivity contribution in [3.8, 4) is 0 Å². The van der Waals surface area contributed by atoms with E-state index in [1.165, 1.54) is 0 Å². The Balaban J connectivity index is 2.02. The molecule has 5 heteroatoms. The first-order valence-corrected chi connectivity index (χ1v) is 9.36. The SMILES string of the molecule is CCCC1CCN(S(=O)(=O)Cc2cccc(CNC)c2)C1. The van der Waals surface area contributed by atoms with Crippen LogP contribution in [0.4, 0.5) is 0 Å². The number of hydrogen-bond acceptors (Lipinski definition) is 3. The Kier molecular flexibility index (Phi) is 5.79. The number of sulfonamides is 1. The third-order valence-corrected chi connectivity index (χ3v) is 5.88. The van der Waals surface area contributed by atoms with Crippen LogP contribution in [0.25, 0.3) is 0 Å². The molecule has 0 aromatic heterocycles. The van der Waals surface area contributed by atoms with Crippen LogP contribution in [0.5, 0.6) is 0 Å². The molecule has 0 spiro atoms. The fourth-order valence-electron chi connectivity index (χ4n) is 3.03. The highest BCUT2D eigenvalue weighted by molar-refractivity contribution is 7.88. The predicted molar refractivity (Wildman–Crippen MR) is 86.4 cm³/mol. The smallest absolute Gasteiger partial charge is 0.218 e. The molecule has 1 atom stereocenters. The van der Waals surface area contributed by atoms with E-state index in [0.717, 1.165) is 36.9 Å². The Morgan fingerprint density at radius 1 is 1.33 bits per heavy atom. The van der Waals surface area contributed by atoms with Gasteiger partial charge in [0, 0.05) is 19.6 Å². The number of benzene rings is 1. The van der Waals surface area contributed by atoms with Gasteiger partial charge in [-0.05, 0) is 36.9 Å². The van der Waals surface area contributed by atoms with Gasteiger partial charge in [-0.15, -0.1) is 0 Å². The molecular weight excluding hydrogens is 284 g/mol. The highest BCUT2D eigenvalue weighted by Gasteiger charge is 2.30. The van der Waals surface area contributed by atoms with Gasteiger partial charge in [0.2, 0.25) is 10.0 Å². The van der Waals surface area contributed by atoms with Crippen LogP contribution in [-0.2, 0) is 22.3 Å². The lowest BCUT2D eigenvalue weighted by Crippen LogP contribution is -2.30. The zero-order valence-corrected chi connectivity index (χ0v) is 13.8. The van der Waals surface area contributed by atoms with E-state index < -0.39 is 10.0 Å². The topological polar surface area (TPSA) is 49.4 Å². The zero-order valence-electron chi connectivity index (χ0n) is 13.0. The van der Waals surface area contributed by atoms with Crippen molar-refractivity contribution >= 4 is 10.0 Å². The maximum Gasteiger partial charge on any atom is 0.218 e. The van der Waals surface area contributed by atoms with Crippen molar-refractivity contribution in [1.29, 1.82) is 0 Å². The number of hydrogen-bond donors (Lipinski definition) is 1. The van der Waals surface area contributed by atoms with E-state index >= 15 is 0 Å². The van der Waals surface area contributed by atoms with Gasteiger partial charge in [0.1, 0.15) is 0 Å². The van der Waals surface area contributed by atoms with E-state index in [9.17, 15) is 8.42 Å². The van der Waals surface area contributed by atoms with Gasteiger partial charge in [-0.25, -0.2) is 12.7 Å². The fourth-order valence-corrected chi connectivity index (χ4v) is 4.63. The average Bonchev–Trinajstić information content (AvgIpc) is 2.89. The van der Waals surface area contributed by atoms with Crippen LogP contribution in [0.2, 0.25) is 0 Å². The number of nitrogens with zero attached hydrogens (tertiary/aromatic N) is 1. The summed E-state index contributed by atoms with van der Waals surface area (Å²) in [6.07, 6.45) is 3.27. The van der Waals surface area contributed by atoms with Crippen LogP contribution in [0.3, 0.4) is 0 Å². The van der Waals surface area contributed by atoms with Gasteiger partial charge >= 0.3 is 0 Å². The molecule has 1 fully saturated rings. The molecule has 1 N–H and O–H groups in total. The molecule has 1 unspecified atom stereocenters. The minimum absolute atomic E-state index is 0.114. The van der Waals surface area contributed by atoms with E-state index in [4.69, 9.17) is 0 Å². The fraction of sp³-hybridized carbons (Fsp3) is 0.625. The van der Waals surface area contributed by atoms with Crippen LogP contribution in [0.1, 0.15) is 37.3 Å². The highest BCUT2D eigenvalue weighted by Crippen LogP contribution is 2.25. The zero-order chi connectivity index (χ0) is 15.3. The first-order chi connectivity index (χ1) is 10.0. The molecule has 2 rings (SSSR count). The summed E-state index contributed by atoms with van der Waals surface area (Å²) in [5.41, 5.74) is 2.00. The molecule has 0 bridgehead atoms. The highest BCUT2D eigenvalue weighted by atomic mass is 32.2. The summed E-state index contributed by atoms with van der Waals surface area (Å²) in [5.74, 6) is 0.657. The molecule has 1 aliphatic rings. The normalized spacial score (nSPS) is 20.0. The van der Waals surface area contributed by atoms with Crippen molar-refractivity contribution in [3.63, 3.8) is 0 Å². The molecule has 0 aliphatic carbocycles. The van der Waals surface area contributed by atoms with Gasteiger partial charge in [0.05, 0.1) is 5.75 Å². The van der Waals surface area contributed by atoms with E-state index in [1.54, 1.807) is 4.31 Å². The summed E-state index contributed by atoms with van der Waals surface area (Å²) in [6, 6.07) is 7.82. The standard InChI is InChI=1S/C16H26N2O2S/c1-3-5-14-8-9-18(12-14)21(19,20)13-16-7-4-6-15(10-16)11-17-2/h4,6-7,10,14,17H,3,5,8-9,11-13H2,1-2H3. The van der Waals surface area contributed by atoms with Crippen molar-refractivity contribution in [1.82, 2.24) is 9.62 Å². The second kappa shape index (κ2) is 7.38. The van der Waals surface area contributed by atoms with Crippen LogP contribution >= 0.6 is 0 Å². The first kappa shape index (κ1) is 16.5. The molecule has 1 aromatic carbocycles. The molecule has 1 aliphatic heterocycles. The summed E-state index contributed by atoms with van der Waals surface area (Å²) < 4.78 is 26.7. The lowest BCUT2D eigenvalue weighted by atomic mass is 10.0. The Bertz CT molecular complexity index is 557. The molecule has 21 heavy (non-hydrogen) atoms. The lowest BCUT2D eigenvalue weighted by Gasteiger charge is -2.17. The minimum Gasteiger partial charge on any atom is -0.316 e. The summed E-state index contributed by atoms with van der Waals surface area (Å²) in [4.78, 5) is 0. The molecule has 0 radical (unpaired) electrons. The maximum absolute atomic E-state index is 12.5. The molecular formula is C16H26N2O2S. The Labute approximate surface area is 128 Å². The summed E-state index contributed by atoms with van der Waals surface area (Å²) in [7, 11) is -1.29. The molecule has 1 saturated heterocycles. The van der Waals surface area contributed by atoms with E-state index in [-0.39, 0.29) is 5.75 Å². The second-order valence-electron chi connectivity index (χ2n) is 5.91. The van der Waals surface area contributed by atoms with Crippen LogP contribution in [-0.4, -0.2) is 32.9 Å². The van der Waals surface area contributed by atoms with E-state index in [2.05, 4.69) is 12.2 Å². The molecule has 118 valence electrons. The van der Waals surface area contributed by atoms with Crippen molar-refractivity contribution in [2.75, 3.05) is 20.1 Å². The van der Waals surface area contributed by atoms with Crippen molar-refractivity contribution < 1.29 is 8.42 Å². The number of nitrogens with one attached hydrogen (secondary N) is 1. The second-order valence-corrected chi connectivity index (χ2v) is 7.88. The quantitative estimate of drug-likeness (QED) is 0.841. The van der Waals surface area contributed by atoms with Crippen molar-refractivity contribution in [2.45, 2.75) is 38.5 Å². The van der Waals surface area contributed by atoms with E-state index in [1.807, 2.05) is 31.3 Å². The Morgan fingerprint density at radius 3 is 2.81 bits per heavy atom. The summed E-state index contributed by atoms with van der Waals surface area (Å²) >= 11 is 0. The maximum atomic E-state index is 12.5. The summed E-state index contributed by atoms with van der Waals surface area (Å²) in [5, 5.41) is 3.09. The monoisotopic (exact) mass is 310 g/mol. The third kappa shape index (κ3) is 4.53. The molecule has 4 nitrogen and oxygen atoms in total. The third-order valence-electron chi connectivity index (χ3n) is 4.06. The summed E-state index contributed by atoms with van der Waals surface area (Å²) in [6.45, 7) is 4.30. The van der Waals surface area contributed by atoms with Gasteiger partial charge in [0.15, 0.2) is 0 Å². The molecule has 1 aromatic rings. The largest absolute Gasteiger partial charge is 0.316 e. The van der Waals surface area contributed by atoms with Gasteiger partial charge in [-0.2, -0.15) is 0 Å². The van der Waals surface area contributed by atoms with Gasteiger partial charge < -0.3 is 5.32 Å². The van der Waals surface area contributed by atoms with Crippen LogP contribution in [0, 0.1) is 5.92 Å². The molecule has 0 amide bonds. The Hall–Kier alpha value is -0.910. The average molecular weight is 310 g/mol. The lowest BCUT2D eigenvalue weighted by molar-refractivity contribution is 0.444. The molecule has 0 saturated carbocycles. The van der Waals surface area contributed by atoms with Crippen molar-refractivity contribution in [3.05, 3.63) is 35.4 Å². The van der Waals surface area contributed by atoms with Gasteiger partial charge in [0.25, 0.3) is 0 Å². The molecule has 1 heterocycles.